The van der Waals surface area contributed by atoms with Gasteiger partial charge in [-0.2, -0.15) is 4.99 Å². The van der Waals surface area contributed by atoms with Crippen molar-refractivity contribution in [2.75, 3.05) is 27.4 Å². The summed E-state index contributed by atoms with van der Waals surface area (Å²) in [7, 11) is 3.13. The summed E-state index contributed by atoms with van der Waals surface area (Å²) in [6.07, 6.45) is 2.79. The van der Waals surface area contributed by atoms with Gasteiger partial charge in [-0.1, -0.05) is 23.5 Å². The van der Waals surface area contributed by atoms with Gasteiger partial charge in [0.05, 0.1) is 36.0 Å². The van der Waals surface area contributed by atoms with Crippen LogP contribution in [-0.2, 0) is 16.1 Å². The highest BCUT2D eigenvalue weighted by molar-refractivity contribution is 7.16. The number of amides is 1. The molecule has 0 spiro atoms. The van der Waals surface area contributed by atoms with E-state index in [2.05, 4.69) is 4.99 Å². The highest BCUT2D eigenvalue weighted by Gasteiger charge is 2.13. The molecular weight excluding hydrogens is 434 g/mol. The minimum Gasteiger partial charge on any atom is -0.493 e. The first-order valence-corrected chi connectivity index (χ1v) is 10.6. The topological polar surface area (TPSA) is 105 Å². The number of nitro benzene ring substituents is 1. The predicted octanol–water partition coefficient (Wildman–Crippen LogP) is 3.81. The fourth-order valence-electron chi connectivity index (χ4n) is 3.04. The van der Waals surface area contributed by atoms with Crippen molar-refractivity contribution < 1.29 is 23.9 Å². The van der Waals surface area contributed by atoms with E-state index in [4.69, 9.17) is 14.2 Å². The lowest BCUT2D eigenvalue weighted by molar-refractivity contribution is -0.384. The number of carbonyl (C=O) groups excluding carboxylic acids is 1. The summed E-state index contributed by atoms with van der Waals surface area (Å²) in [6, 6.07) is 9.72. The lowest BCUT2D eigenvalue weighted by Gasteiger charge is -2.09. The van der Waals surface area contributed by atoms with Crippen LogP contribution in [0.5, 0.6) is 11.5 Å². The Kier molecular flexibility index (Phi) is 7.74. The summed E-state index contributed by atoms with van der Waals surface area (Å²) in [6.45, 7) is 3.46. The zero-order valence-corrected chi connectivity index (χ0v) is 18.8. The van der Waals surface area contributed by atoms with E-state index < -0.39 is 10.8 Å². The second kappa shape index (κ2) is 10.7. The lowest BCUT2D eigenvalue weighted by atomic mass is 10.2. The molecule has 0 saturated carbocycles. The quantitative estimate of drug-likeness (QED) is 0.209. The molecule has 1 amide bonds. The van der Waals surface area contributed by atoms with Crippen LogP contribution in [0, 0.1) is 10.1 Å². The minimum atomic E-state index is -0.482. The van der Waals surface area contributed by atoms with Crippen LogP contribution in [0.3, 0.4) is 0 Å². The SMILES string of the molecule is CCOCCn1c(=NC(=O)/C=C/c2cccc([N+](=O)[O-])c2)sc2cc(OC)c(OC)cc21. The third-order valence-electron chi connectivity index (χ3n) is 4.56. The van der Waals surface area contributed by atoms with Gasteiger partial charge in [0, 0.05) is 43.5 Å². The monoisotopic (exact) mass is 457 g/mol. The molecule has 0 aliphatic rings. The Morgan fingerprint density at radius 3 is 2.66 bits per heavy atom. The predicted molar refractivity (Wildman–Crippen MR) is 122 cm³/mol. The number of aromatic nitrogens is 1. The number of thiazole rings is 1. The third kappa shape index (κ3) is 5.40. The average molecular weight is 458 g/mol. The van der Waals surface area contributed by atoms with Crippen molar-refractivity contribution in [3.8, 4) is 11.5 Å². The van der Waals surface area contributed by atoms with E-state index in [0.29, 0.717) is 41.6 Å². The summed E-state index contributed by atoms with van der Waals surface area (Å²) in [5, 5.41) is 10.9. The standard InChI is InChI=1S/C22H23N3O6S/c1-4-31-11-10-24-17-13-18(29-2)19(30-3)14-20(17)32-22(24)23-21(26)9-8-15-6-5-7-16(12-15)25(27)28/h5-9,12-14H,4,10-11H2,1-3H3/b9-8+,23-22?. The van der Waals surface area contributed by atoms with Crippen molar-refractivity contribution >= 4 is 39.2 Å². The number of carbonyl (C=O) groups is 1. The lowest BCUT2D eigenvalue weighted by Crippen LogP contribution is -2.19. The van der Waals surface area contributed by atoms with Crippen LogP contribution in [0.25, 0.3) is 16.3 Å². The van der Waals surface area contributed by atoms with E-state index >= 15 is 0 Å². The van der Waals surface area contributed by atoms with Crippen molar-refractivity contribution in [2.24, 2.45) is 4.99 Å². The van der Waals surface area contributed by atoms with Crippen LogP contribution in [0.4, 0.5) is 5.69 Å². The number of methoxy groups -OCH3 is 2. The summed E-state index contributed by atoms with van der Waals surface area (Å²) < 4.78 is 19.1. The number of non-ortho nitro benzene ring substituents is 1. The normalized spacial score (nSPS) is 11.9. The molecule has 9 nitrogen and oxygen atoms in total. The van der Waals surface area contributed by atoms with Gasteiger partial charge >= 0.3 is 0 Å². The van der Waals surface area contributed by atoms with Gasteiger partial charge in [0.25, 0.3) is 11.6 Å². The fourth-order valence-corrected chi connectivity index (χ4v) is 4.11. The largest absolute Gasteiger partial charge is 0.493 e. The number of hydrogen-bond acceptors (Lipinski definition) is 7. The van der Waals surface area contributed by atoms with E-state index in [-0.39, 0.29) is 5.69 Å². The zero-order valence-electron chi connectivity index (χ0n) is 17.9. The van der Waals surface area contributed by atoms with Crippen LogP contribution >= 0.6 is 11.3 Å². The van der Waals surface area contributed by atoms with E-state index in [0.717, 1.165) is 10.2 Å². The Morgan fingerprint density at radius 1 is 1.22 bits per heavy atom. The first-order valence-electron chi connectivity index (χ1n) is 9.81. The number of ether oxygens (including phenoxy) is 3. The van der Waals surface area contributed by atoms with Crippen LogP contribution in [0.1, 0.15) is 12.5 Å². The third-order valence-corrected chi connectivity index (χ3v) is 5.60. The van der Waals surface area contributed by atoms with Crippen LogP contribution in [-0.4, -0.2) is 42.8 Å². The van der Waals surface area contributed by atoms with Crippen molar-refractivity contribution in [1.29, 1.82) is 0 Å². The van der Waals surface area contributed by atoms with Crippen LogP contribution in [0.15, 0.2) is 47.5 Å². The number of hydrogen-bond donors (Lipinski definition) is 0. The molecular formula is C22H23N3O6S. The molecule has 0 bridgehead atoms. The number of fused-ring (bicyclic) bond motifs is 1. The molecule has 0 saturated heterocycles. The molecule has 3 aromatic rings. The van der Waals surface area contributed by atoms with Gasteiger partial charge in [-0.25, -0.2) is 0 Å². The Hall–Kier alpha value is -3.50. The molecule has 32 heavy (non-hydrogen) atoms. The second-order valence-electron chi connectivity index (χ2n) is 6.54. The van der Waals surface area contributed by atoms with Gasteiger partial charge in [0.1, 0.15) is 0 Å². The number of benzene rings is 2. The summed E-state index contributed by atoms with van der Waals surface area (Å²) >= 11 is 1.35. The maximum Gasteiger partial charge on any atom is 0.272 e. The Morgan fingerprint density at radius 2 is 1.97 bits per heavy atom. The van der Waals surface area contributed by atoms with Gasteiger partial charge in [-0.05, 0) is 18.6 Å². The smallest absolute Gasteiger partial charge is 0.272 e. The molecule has 0 fully saturated rings. The molecule has 3 rings (SSSR count). The van der Waals surface area contributed by atoms with Gasteiger partial charge in [-0.15, -0.1) is 0 Å². The van der Waals surface area contributed by atoms with Gasteiger partial charge in [-0.3, -0.25) is 14.9 Å². The van der Waals surface area contributed by atoms with Gasteiger partial charge in [0.15, 0.2) is 16.3 Å². The summed E-state index contributed by atoms with van der Waals surface area (Å²) in [4.78, 5) is 27.7. The number of nitrogens with zero attached hydrogens (tertiary/aromatic N) is 3. The summed E-state index contributed by atoms with van der Waals surface area (Å²) in [5.41, 5.74) is 1.34. The van der Waals surface area contributed by atoms with E-state index in [1.54, 1.807) is 26.4 Å². The van der Waals surface area contributed by atoms with Gasteiger partial charge in [0.2, 0.25) is 0 Å². The molecule has 0 unspecified atom stereocenters. The van der Waals surface area contributed by atoms with Gasteiger partial charge < -0.3 is 18.8 Å². The Labute approximate surface area is 188 Å². The second-order valence-corrected chi connectivity index (χ2v) is 7.55. The summed E-state index contributed by atoms with van der Waals surface area (Å²) in [5.74, 6) is 0.681. The van der Waals surface area contributed by atoms with E-state index in [1.165, 1.54) is 35.6 Å². The fraction of sp³-hybridized carbons (Fsp3) is 0.273. The van der Waals surface area contributed by atoms with Crippen molar-refractivity contribution in [3.05, 3.63) is 63.0 Å². The molecule has 168 valence electrons. The highest BCUT2D eigenvalue weighted by Crippen LogP contribution is 2.33. The Balaban J connectivity index is 1.99. The highest BCUT2D eigenvalue weighted by atomic mass is 32.1. The van der Waals surface area contributed by atoms with Crippen molar-refractivity contribution in [3.63, 3.8) is 0 Å². The maximum absolute atomic E-state index is 12.5. The van der Waals surface area contributed by atoms with Crippen molar-refractivity contribution in [2.45, 2.75) is 13.5 Å². The van der Waals surface area contributed by atoms with E-state index in [9.17, 15) is 14.9 Å². The zero-order chi connectivity index (χ0) is 23.1. The molecule has 0 aliphatic carbocycles. The number of rotatable bonds is 9. The molecule has 2 aromatic carbocycles. The molecule has 0 aliphatic heterocycles. The Bertz CT molecular complexity index is 1230. The van der Waals surface area contributed by atoms with Crippen molar-refractivity contribution in [1.82, 2.24) is 4.57 Å². The molecule has 0 radical (unpaired) electrons. The first kappa shape index (κ1) is 23.2. The van der Waals surface area contributed by atoms with E-state index in [1.807, 2.05) is 23.6 Å². The molecule has 1 aromatic heterocycles. The maximum atomic E-state index is 12.5. The molecule has 0 N–H and O–H groups in total. The van der Waals surface area contributed by atoms with Crippen LogP contribution in [0.2, 0.25) is 0 Å². The van der Waals surface area contributed by atoms with Crippen LogP contribution < -0.4 is 14.3 Å². The molecule has 10 heteroatoms. The first-order chi connectivity index (χ1) is 15.5. The number of nitro groups is 1. The average Bonchev–Trinajstić information content (AvgIpc) is 3.12. The minimum absolute atomic E-state index is 0.0438. The molecule has 1 heterocycles. The molecule has 0 atom stereocenters.